The van der Waals surface area contributed by atoms with Crippen LogP contribution in [0.1, 0.15) is 44.9 Å². The third-order valence-electron chi connectivity index (χ3n) is 4.78. The topological polar surface area (TPSA) is 30.5 Å². The van der Waals surface area contributed by atoms with Crippen LogP contribution in [0.25, 0.3) is 0 Å². The second-order valence-corrected chi connectivity index (χ2v) is 7.13. The Bertz CT molecular complexity index is 480. The van der Waals surface area contributed by atoms with Gasteiger partial charge in [-0.05, 0) is 59.8 Å². The van der Waals surface area contributed by atoms with Gasteiger partial charge in [-0.1, -0.05) is 19.3 Å². The van der Waals surface area contributed by atoms with E-state index in [1.54, 1.807) is 7.11 Å². The molecule has 0 aromatic heterocycles. The Morgan fingerprint density at radius 1 is 1.29 bits per heavy atom. The summed E-state index contributed by atoms with van der Waals surface area (Å²) in [5.74, 6) is 0.872. The summed E-state index contributed by atoms with van der Waals surface area (Å²) in [5.41, 5.74) is 1.30. The molecule has 4 heteroatoms. The van der Waals surface area contributed by atoms with E-state index in [2.05, 4.69) is 33.4 Å². The van der Waals surface area contributed by atoms with Gasteiger partial charge in [0, 0.05) is 18.3 Å². The maximum absolute atomic E-state index is 6.17. The Hall–Kier alpha value is -0.740. The van der Waals surface area contributed by atoms with Gasteiger partial charge in [0.05, 0.1) is 17.2 Å². The van der Waals surface area contributed by atoms with Crippen molar-refractivity contribution < 1.29 is 9.47 Å². The molecule has 1 heterocycles. The van der Waals surface area contributed by atoms with Crippen molar-refractivity contribution in [3.8, 4) is 5.75 Å². The zero-order valence-electron chi connectivity index (χ0n) is 12.7. The van der Waals surface area contributed by atoms with Crippen LogP contribution < -0.4 is 10.1 Å². The predicted octanol–water partition coefficient (Wildman–Crippen LogP) is 4.75. The van der Waals surface area contributed by atoms with Gasteiger partial charge in [-0.25, -0.2) is 0 Å². The van der Waals surface area contributed by atoms with E-state index in [1.165, 1.54) is 32.1 Å². The van der Waals surface area contributed by atoms with Gasteiger partial charge in [0.15, 0.2) is 0 Å². The van der Waals surface area contributed by atoms with E-state index in [9.17, 15) is 0 Å². The molecule has 1 saturated carbocycles. The van der Waals surface area contributed by atoms with Crippen molar-refractivity contribution in [2.45, 2.75) is 56.6 Å². The van der Waals surface area contributed by atoms with Gasteiger partial charge in [0.25, 0.3) is 0 Å². The van der Waals surface area contributed by atoms with Crippen LogP contribution in [0.15, 0.2) is 22.7 Å². The number of nitrogens with one attached hydrogen (secondary N) is 1. The van der Waals surface area contributed by atoms with Crippen molar-refractivity contribution in [3.05, 3.63) is 22.7 Å². The first kappa shape index (κ1) is 15.2. The van der Waals surface area contributed by atoms with Crippen molar-refractivity contribution in [2.24, 2.45) is 0 Å². The summed E-state index contributed by atoms with van der Waals surface area (Å²) in [6, 6.07) is 6.70. The lowest BCUT2D eigenvalue weighted by Gasteiger charge is -2.44. The summed E-state index contributed by atoms with van der Waals surface area (Å²) in [4.78, 5) is 0. The Labute approximate surface area is 135 Å². The molecule has 0 amide bonds. The second-order valence-electron chi connectivity index (χ2n) is 6.28. The monoisotopic (exact) mass is 353 g/mol. The normalized spacial score (nSPS) is 24.8. The van der Waals surface area contributed by atoms with Crippen LogP contribution >= 0.6 is 15.9 Å². The van der Waals surface area contributed by atoms with E-state index < -0.39 is 0 Å². The van der Waals surface area contributed by atoms with Crippen LogP contribution in [-0.2, 0) is 4.74 Å². The average Bonchev–Trinajstić information content (AvgIpc) is 2.48. The van der Waals surface area contributed by atoms with Gasteiger partial charge in [-0.15, -0.1) is 0 Å². The van der Waals surface area contributed by atoms with Crippen LogP contribution in [0.2, 0.25) is 0 Å². The van der Waals surface area contributed by atoms with Gasteiger partial charge in [-0.3, -0.25) is 0 Å². The minimum absolute atomic E-state index is 0.151. The van der Waals surface area contributed by atoms with Crippen LogP contribution in [-0.4, -0.2) is 25.4 Å². The minimum Gasteiger partial charge on any atom is -0.496 e. The molecule has 1 N–H and O–H groups in total. The summed E-state index contributed by atoms with van der Waals surface area (Å²) in [6.45, 7) is 0.884. The van der Waals surface area contributed by atoms with E-state index >= 15 is 0 Å². The third-order valence-corrected chi connectivity index (χ3v) is 5.40. The molecule has 21 heavy (non-hydrogen) atoms. The quantitative estimate of drug-likeness (QED) is 0.850. The SMILES string of the molecule is COc1ccc(NC2CCOC3(CCCCC3)C2)cc1Br. The van der Waals surface area contributed by atoms with E-state index in [-0.39, 0.29) is 5.60 Å². The molecule has 3 rings (SSSR count). The zero-order valence-corrected chi connectivity index (χ0v) is 14.2. The number of anilines is 1. The summed E-state index contributed by atoms with van der Waals surface area (Å²) >= 11 is 3.55. The van der Waals surface area contributed by atoms with Crippen molar-refractivity contribution >= 4 is 21.6 Å². The second kappa shape index (κ2) is 6.57. The minimum atomic E-state index is 0.151. The number of hydrogen-bond donors (Lipinski definition) is 1. The molecule has 116 valence electrons. The number of hydrogen-bond acceptors (Lipinski definition) is 3. The fourth-order valence-corrected chi connectivity index (χ4v) is 4.23. The highest BCUT2D eigenvalue weighted by Crippen LogP contribution is 2.39. The summed E-state index contributed by atoms with van der Waals surface area (Å²) in [5, 5.41) is 3.68. The Kier molecular flexibility index (Phi) is 4.75. The summed E-state index contributed by atoms with van der Waals surface area (Å²) in [7, 11) is 1.69. The van der Waals surface area contributed by atoms with E-state index in [0.29, 0.717) is 6.04 Å². The maximum Gasteiger partial charge on any atom is 0.133 e. The first-order valence-corrected chi connectivity index (χ1v) is 8.74. The molecule has 1 saturated heterocycles. The highest BCUT2D eigenvalue weighted by molar-refractivity contribution is 9.10. The molecule has 0 bridgehead atoms. The zero-order chi connectivity index (χ0) is 14.7. The molecule has 1 aromatic carbocycles. The number of halogens is 1. The maximum atomic E-state index is 6.17. The lowest BCUT2D eigenvalue weighted by molar-refractivity contribution is -0.103. The smallest absolute Gasteiger partial charge is 0.133 e. The van der Waals surface area contributed by atoms with Crippen molar-refractivity contribution in [1.82, 2.24) is 0 Å². The first-order chi connectivity index (χ1) is 10.2. The highest BCUT2D eigenvalue weighted by atomic mass is 79.9. The molecule has 2 aliphatic rings. The molecule has 0 radical (unpaired) electrons. The lowest BCUT2D eigenvalue weighted by Crippen LogP contribution is -2.45. The van der Waals surface area contributed by atoms with Gasteiger partial charge >= 0.3 is 0 Å². The van der Waals surface area contributed by atoms with E-state index in [0.717, 1.165) is 35.4 Å². The molecule has 1 aliphatic carbocycles. The molecule has 1 aliphatic heterocycles. The van der Waals surface area contributed by atoms with Crippen molar-refractivity contribution in [2.75, 3.05) is 19.0 Å². The molecule has 1 spiro atoms. The van der Waals surface area contributed by atoms with Gasteiger partial charge in [0.1, 0.15) is 5.75 Å². The van der Waals surface area contributed by atoms with E-state index in [1.807, 2.05) is 6.07 Å². The molecule has 1 unspecified atom stereocenters. The Morgan fingerprint density at radius 3 is 2.81 bits per heavy atom. The van der Waals surface area contributed by atoms with E-state index in [4.69, 9.17) is 9.47 Å². The third kappa shape index (κ3) is 3.54. The highest BCUT2D eigenvalue weighted by Gasteiger charge is 2.38. The predicted molar refractivity (Wildman–Crippen MR) is 89.1 cm³/mol. The fourth-order valence-electron chi connectivity index (χ4n) is 3.69. The molecule has 1 aromatic rings. The van der Waals surface area contributed by atoms with Crippen LogP contribution in [0.4, 0.5) is 5.69 Å². The van der Waals surface area contributed by atoms with Crippen LogP contribution in [0.5, 0.6) is 5.75 Å². The number of ether oxygens (including phenoxy) is 2. The van der Waals surface area contributed by atoms with Crippen molar-refractivity contribution in [3.63, 3.8) is 0 Å². The van der Waals surface area contributed by atoms with Gasteiger partial charge in [-0.2, -0.15) is 0 Å². The standard InChI is InChI=1S/C17H24BrNO2/c1-20-16-6-5-13(11-15(16)18)19-14-7-10-21-17(12-14)8-3-2-4-9-17/h5-6,11,14,19H,2-4,7-10,12H2,1H3. The number of methoxy groups -OCH3 is 1. The van der Waals surface area contributed by atoms with Gasteiger partial charge < -0.3 is 14.8 Å². The van der Waals surface area contributed by atoms with Crippen LogP contribution in [0.3, 0.4) is 0 Å². The summed E-state index contributed by atoms with van der Waals surface area (Å²) < 4.78 is 12.4. The van der Waals surface area contributed by atoms with Crippen LogP contribution in [0, 0.1) is 0 Å². The molecular formula is C17H24BrNO2. The van der Waals surface area contributed by atoms with Crippen molar-refractivity contribution in [1.29, 1.82) is 0 Å². The fraction of sp³-hybridized carbons (Fsp3) is 0.647. The Balaban J connectivity index is 1.65. The largest absolute Gasteiger partial charge is 0.496 e. The number of rotatable bonds is 3. The lowest BCUT2D eigenvalue weighted by atomic mass is 9.78. The molecule has 3 nitrogen and oxygen atoms in total. The van der Waals surface area contributed by atoms with Gasteiger partial charge in [0.2, 0.25) is 0 Å². The average molecular weight is 354 g/mol. The molecular weight excluding hydrogens is 330 g/mol. The first-order valence-electron chi connectivity index (χ1n) is 7.95. The summed E-state index contributed by atoms with van der Waals surface area (Å²) in [6.07, 6.45) is 8.70. The molecule has 1 atom stereocenters. The molecule has 2 fully saturated rings. The Morgan fingerprint density at radius 2 is 2.10 bits per heavy atom. The number of benzene rings is 1.